The van der Waals surface area contributed by atoms with E-state index in [-0.39, 0.29) is 49.3 Å². The van der Waals surface area contributed by atoms with Crippen molar-refractivity contribution in [2.45, 2.75) is 175 Å². The maximum atomic E-state index is 11.1. The van der Waals surface area contributed by atoms with Gasteiger partial charge < -0.3 is 113 Å². The molecule has 2 aliphatic rings. The summed E-state index contributed by atoms with van der Waals surface area (Å²) >= 11 is 0. The Morgan fingerprint density at radius 2 is 0.951 bits per heavy atom. The lowest BCUT2D eigenvalue weighted by molar-refractivity contribution is -0.318. The van der Waals surface area contributed by atoms with E-state index in [0.717, 1.165) is 0 Å². The first-order valence-electron chi connectivity index (χ1n) is 19.3. The first-order chi connectivity index (χ1) is 26.2. The monoisotopic (exact) mass is 905 g/mol. The zero-order chi connectivity index (χ0) is 47.5. The lowest BCUT2D eigenvalue weighted by Crippen LogP contribution is -2.74. The maximum Gasteiger partial charge on any atom is 0.222 e. The normalized spacial score (nSPS) is 35.9. The number of ether oxygens (including phenoxy) is 2. The van der Waals surface area contributed by atoms with Gasteiger partial charge in [-0.15, -0.1) is 0 Å². The molecule has 2 heterocycles. The number of rotatable bonds is 15. The molecule has 1 amide bonds. The van der Waals surface area contributed by atoms with E-state index in [1.807, 2.05) is 0 Å². The van der Waals surface area contributed by atoms with Crippen LogP contribution in [-0.4, -0.2) is 239 Å². The van der Waals surface area contributed by atoms with Crippen molar-refractivity contribution in [3.05, 3.63) is 0 Å². The number of amides is 1. The van der Waals surface area contributed by atoms with Crippen molar-refractivity contribution in [3.8, 4) is 0 Å². The number of aliphatic hydroxyl groups excluding tert-OH is 6. The summed E-state index contributed by atoms with van der Waals surface area (Å²) in [6, 6.07) is 0. The van der Waals surface area contributed by atoms with E-state index in [4.69, 9.17) is 29.9 Å². The Kier molecular flexibility index (Phi) is 26.9. The van der Waals surface area contributed by atoms with Gasteiger partial charge in [0.25, 0.3) is 0 Å². The van der Waals surface area contributed by atoms with Crippen LogP contribution in [0.4, 0.5) is 0 Å². The van der Waals surface area contributed by atoms with Gasteiger partial charge in [-0.2, -0.15) is 0 Å². The zero-order valence-electron chi connectivity index (χ0n) is 38.0. The van der Waals surface area contributed by atoms with Gasteiger partial charge in [-0.1, -0.05) is 0 Å². The lowest BCUT2D eigenvalue weighted by Gasteiger charge is -2.54. The van der Waals surface area contributed by atoms with Crippen molar-refractivity contribution in [2.75, 3.05) is 60.3 Å². The highest BCUT2D eigenvalue weighted by Crippen LogP contribution is 2.41. The smallest absolute Gasteiger partial charge is 0.222 e. The standard InChI is InChI=1S/C10H21NO5.C10H23NO4.2C9H18O5.2H2O/c1-9(15,4-8(14)11-3)6-10(2,16)7(13)5-12;1-9(14,4-5-11-3)7-10(2,15)8(13)6-12;2*1-7(11)5-14-6(4-10)8(2,12)9(7,3)13;;/h7,12-13,15-16H,4-6H2,1-3H3,(H,11,14);8,11-15H,4-7H2,1-3H3;2*6,10-13H,4-5H2,1-3H3;2*1H2. The molecule has 372 valence electrons. The second-order valence-corrected chi connectivity index (χ2v) is 18.1. The molecule has 2 saturated heterocycles. The van der Waals surface area contributed by atoms with E-state index in [1.54, 1.807) is 14.0 Å². The third kappa shape index (κ3) is 17.9. The average Bonchev–Trinajstić information content (AvgIpc) is 3.08. The summed E-state index contributed by atoms with van der Waals surface area (Å²) in [4.78, 5) is 11.1. The molecule has 23 nitrogen and oxygen atoms in total. The average molecular weight is 905 g/mol. The van der Waals surface area contributed by atoms with Crippen molar-refractivity contribution in [1.29, 1.82) is 0 Å². The van der Waals surface area contributed by atoms with Gasteiger partial charge in [0.05, 0.1) is 68.5 Å². The molecule has 0 radical (unpaired) electrons. The highest BCUT2D eigenvalue weighted by atomic mass is 16.6. The van der Waals surface area contributed by atoms with Crippen molar-refractivity contribution in [1.82, 2.24) is 10.6 Å². The van der Waals surface area contributed by atoms with Crippen LogP contribution in [0.1, 0.15) is 94.9 Å². The Balaban J connectivity index is -0.000000352. The molecule has 61 heavy (non-hydrogen) atoms. The first-order valence-corrected chi connectivity index (χ1v) is 19.3. The maximum absolute atomic E-state index is 11.1. The highest BCUT2D eigenvalue weighted by molar-refractivity contribution is 5.76. The summed E-state index contributed by atoms with van der Waals surface area (Å²) in [5, 5.41) is 159. The first kappa shape index (κ1) is 66.2. The fourth-order valence-corrected chi connectivity index (χ4v) is 6.46. The van der Waals surface area contributed by atoms with E-state index < -0.39 is 107 Å². The summed E-state index contributed by atoms with van der Waals surface area (Å²) in [5.41, 5.74) is -15.6. The molecule has 0 aromatic heterocycles. The molecule has 0 saturated carbocycles. The number of nitrogens with one attached hydrogen (secondary N) is 2. The van der Waals surface area contributed by atoms with Crippen molar-refractivity contribution >= 4 is 5.91 Å². The predicted octanol–water partition coefficient (Wildman–Crippen LogP) is -7.18. The molecule has 14 unspecified atom stereocenters. The van der Waals surface area contributed by atoms with E-state index >= 15 is 0 Å². The highest BCUT2D eigenvalue weighted by Gasteiger charge is 2.62. The molecular formula is C38H84N2O21. The van der Waals surface area contributed by atoms with Gasteiger partial charge in [-0.25, -0.2) is 0 Å². The summed E-state index contributed by atoms with van der Waals surface area (Å²) in [5.74, 6) is -0.362. The summed E-state index contributed by atoms with van der Waals surface area (Å²) in [6.07, 6.45) is -4.29. The fourth-order valence-electron chi connectivity index (χ4n) is 6.46. The Hall–Kier alpha value is -1.37. The number of aliphatic hydroxyl groups is 16. The fraction of sp³-hybridized carbons (Fsp3) is 0.974. The second-order valence-electron chi connectivity index (χ2n) is 18.1. The summed E-state index contributed by atoms with van der Waals surface area (Å²) in [7, 11) is 3.22. The molecule has 22 N–H and O–H groups in total. The molecule has 23 heteroatoms. The summed E-state index contributed by atoms with van der Waals surface area (Å²) < 4.78 is 10.2. The van der Waals surface area contributed by atoms with Crippen LogP contribution in [-0.2, 0) is 14.3 Å². The molecule has 0 bridgehead atoms. The SMILES string of the molecule is CC1(O)COC(CO)C(C)(O)C1(C)O.CC1(O)COC(CO)C(C)(O)C1(C)O.CNC(=O)CC(C)(O)CC(C)(O)C(O)CO.CNCCC(C)(O)CC(C)(O)C(O)CO.O.O. The van der Waals surface area contributed by atoms with Gasteiger partial charge in [0.1, 0.15) is 58.0 Å². The van der Waals surface area contributed by atoms with E-state index in [1.165, 1.54) is 69.4 Å². The van der Waals surface area contributed by atoms with Gasteiger partial charge in [0, 0.05) is 19.9 Å². The number of hydrogen-bond acceptors (Lipinski definition) is 20. The van der Waals surface area contributed by atoms with Gasteiger partial charge in [0.15, 0.2) is 0 Å². The van der Waals surface area contributed by atoms with E-state index in [0.29, 0.717) is 13.0 Å². The van der Waals surface area contributed by atoms with Crippen LogP contribution in [0, 0.1) is 0 Å². The summed E-state index contributed by atoms with van der Waals surface area (Å²) in [6.45, 7) is 12.2. The quantitative estimate of drug-likeness (QED) is 0.0726. The van der Waals surface area contributed by atoms with Crippen LogP contribution in [0.2, 0.25) is 0 Å². The van der Waals surface area contributed by atoms with Crippen LogP contribution in [0.25, 0.3) is 0 Å². The van der Waals surface area contributed by atoms with Crippen LogP contribution < -0.4 is 10.6 Å². The molecule has 2 aliphatic heterocycles. The lowest BCUT2D eigenvalue weighted by atomic mass is 9.69. The molecule has 14 atom stereocenters. The van der Waals surface area contributed by atoms with Gasteiger partial charge >= 0.3 is 0 Å². The molecule has 2 fully saturated rings. The van der Waals surface area contributed by atoms with Gasteiger partial charge in [0.2, 0.25) is 5.91 Å². The van der Waals surface area contributed by atoms with Crippen LogP contribution >= 0.6 is 0 Å². The third-order valence-corrected chi connectivity index (χ3v) is 11.8. The molecule has 0 aromatic rings. The van der Waals surface area contributed by atoms with E-state index in [9.17, 15) is 66.1 Å². The van der Waals surface area contributed by atoms with Crippen LogP contribution in [0.3, 0.4) is 0 Å². The third-order valence-electron chi connectivity index (χ3n) is 11.8. The molecule has 0 spiro atoms. The molecule has 0 aromatic carbocycles. The Morgan fingerprint density at radius 1 is 0.639 bits per heavy atom. The Labute approximate surface area is 358 Å². The largest absolute Gasteiger partial charge is 0.412 e. The molecule has 0 aliphatic carbocycles. The minimum Gasteiger partial charge on any atom is -0.412 e. The van der Waals surface area contributed by atoms with Crippen molar-refractivity contribution < 1.29 is 107 Å². The minimum absolute atomic E-state index is 0. The minimum atomic E-state index is -1.73. The Bertz CT molecular complexity index is 1190. The van der Waals surface area contributed by atoms with Gasteiger partial charge in [-0.3, -0.25) is 4.79 Å². The van der Waals surface area contributed by atoms with E-state index in [2.05, 4.69) is 10.6 Å². The van der Waals surface area contributed by atoms with Crippen LogP contribution in [0.5, 0.6) is 0 Å². The van der Waals surface area contributed by atoms with Crippen LogP contribution in [0.15, 0.2) is 0 Å². The Morgan fingerprint density at radius 3 is 1.21 bits per heavy atom. The zero-order valence-corrected chi connectivity index (χ0v) is 38.0. The topological polar surface area (TPSA) is 446 Å². The predicted molar refractivity (Wildman–Crippen MR) is 220 cm³/mol. The molecule has 2 rings (SSSR count). The van der Waals surface area contributed by atoms with Crippen molar-refractivity contribution in [2.24, 2.45) is 0 Å². The van der Waals surface area contributed by atoms with Crippen molar-refractivity contribution in [3.63, 3.8) is 0 Å². The number of hydrogen-bond donors (Lipinski definition) is 18. The van der Waals surface area contributed by atoms with Gasteiger partial charge in [-0.05, 0) is 89.3 Å². The molecular weight excluding hydrogens is 820 g/mol. The second kappa shape index (κ2) is 24.8. The number of carbonyl (C=O) groups excluding carboxylic acids is 1. The number of carbonyl (C=O) groups is 1.